The van der Waals surface area contributed by atoms with Gasteiger partial charge in [0.25, 0.3) is 0 Å². The van der Waals surface area contributed by atoms with E-state index in [2.05, 4.69) is 10.1 Å². The molecule has 94 valence electrons. The molecule has 0 saturated carbocycles. The van der Waals surface area contributed by atoms with Gasteiger partial charge in [-0.15, -0.1) is 0 Å². The van der Waals surface area contributed by atoms with Crippen LogP contribution in [0.5, 0.6) is 11.5 Å². The molecule has 1 aromatic rings. The van der Waals surface area contributed by atoms with E-state index < -0.39 is 6.04 Å². The third kappa shape index (κ3) is 3.27. The summed E-state index contributed by atoms with van der Waals surface area (Å²) in [6.45, 7) is 1.72. The lowest BCUT2D eigenvalue weighted by Crippen LogP contribution is -2.27. The molecule has 0 saturated heterocycles. The molecule has 0 aliphatic carbocycles. The molecule has 1 N–H and O–H groups in total. The first-order chi connectivity index (χ1) is 8.12. The molecular formula is C12H17NO4. The second kappa shape index (κ2) is 5.98. The van der Waals surface area contributed by atoms with Gasteiger partial charge in [-0.1, -0.05) is 0 Å². The Bertz CT molecular complexity index is 392. The van der Waals surface area contributed by atoms with Crippen LogP contribution in [0.2, 0.25) is 0 Å². The van der Waals surface area contributed by atoms with Crippen molar-refractivity contribution in [1.29, 1.82) is 0 Å². The van der Waals surface area contributed by atoms with Crippen molar-refractivity contribution in [2.45, 2.75) is 13.0 Å². The Labute approximate surface area is 101 Å². The molecule has 0 fully saturated rings. The number of esters is 1. The number of rotatable bonds is 5. The lowest BCUT2D eigenvalue weighted by atomic mass is 10.2. The zero-order chi connectivity index (χ0) is 12.8. The minimum Gasteiger partial charge on any atom is -0.493 e. The summed E-state index contributed by atoms with van der Waals surface area (Å²) in [5.41, 5.74) is 0.764. The van der Waals surface area contributed by atoms with Gasteiger partial charge >= 0.3 is 5.97 Å². The molecule has 1 rings (SSSR count). The normalized spacial score (nSPS) is 11.5. The summed E-state index contributed by atoms with van der Waals surface area (Å²) in [6.07, 6.45) is 0. The highest BCUT2D eigenvalue weighted by Gasteiger charge is 2.13. The number of methoxy groups -OCH3 is 3. The van der Waals surface area contributed by atoms with Crippen LogP contribution in [0.1, 0.15) is 6.92 Å². The maximum atomic E-state index is 11.3. The molecule has 5 nitrogen and oxygen atoms in total. The highest BCUT2D eigenvalue weighted by molar-refractivity contribution is 5.78. The number of nitrogens with one attached hydrogen (secondary N) is 1. The van der Waals surface area contributed by atoms with Gasteiger partial charge in [0.2, 0.25) is 0 Å². The molecule has 1 aromatic carbocycles. The maximum absolute atomic E-state index is 11.3. The summed E-state index contributed by atoms with van der Waals surface area (Å²) in [5.74, 6) is 0.929. The first kappa shape index (κ1) is 13.2. The standard InChI is InChI=1S/C12H17NO4/c1-8(12(14)17-4)13-9-5-6-10(15-2)11(7-9)16-3/h5-8,13H,1-4H3. The van der Waals surface area contributed by atoms with Crippen LogP contribution in [-0.2, 0) is 9.53 Å². The predicted octanol–water partition coefficient (Wildman–Crippen LogP) is 1.68. The first-order valence-corrected chi connectivity index (χ1v) is 5.18. The first-order valence-electron chi connectivity index (χ1n) is 5.18. The van der Waals surface area contributed by atoms with Crippen LogP contribution >= 0.6 is 0 Å². The molecule has 0 aliphatic rings. The molecular weight excluding hydrogens is 222 g/mol. The van der Waals surface area contributed by atoms with E-state index in [1.807, 2.05) is 0 Å². The number of hydrogen-bond donors (Lipinski definition) is 1. The van der Waals surface area contributed by atoms with Crippen molar-refractivity contribution in [3.8, 4) is 11.5 Å². The number of ether oxygens (including phenoxy) is 3. The van der Waals surface area contributed by atoms with Gasteiger partial charge in [-0.2, -0.15) is 0 Å². The van der Waals surface area contributed by atoms with Crippen LogP contribution in [-0.4, -0.2) is 33.3 Å². The van der Waals surface area contributed by atoms with Gasteiger partial charge in [-0.3, -0.25) is 0 Å². The fourth-order valence-electron chi connectivity index (χ4n) is 1.41. The van der Waals surface area contributed by atoms with Crippen molar-refractivity contribution in [2.24, 2.45) is 0 Å². The third-order valence-electron chi connectivity index (χ3n) is 2.32. The fourth-order valence-corrected chi connectivity index (χ4v) is 1.41. The molecule has 0 aromatic heterocycles. The predicted molar refractivity (Wildman–Crippen MR) is 64.6 cm³/mol. The molecule has 1 atom stereocenters. The van der Waals surface area contributed by atoms with Crippen LogP contribution in [0.4, 0.5) is 5.69 Å². The second-order valence-corrected chi connectivity index (χ2v) is 3.46. The van der Waals surface area contributed by atoms with Gasteiger partial charge in [0.05, 0.1) is 21.3 Å². The van der Waals surface area contributed by atoms with Gasteiger partial charge < -0.3 is 19.5 Å². The second-order valence-electron chi connectivity index (χ2n) is 3.46. The number of hydrogen-bond acceptors (Lipinski definition) is 5. The minimum absolute atomic E-state index is 0.320. The summed E-state index contributed by atoms with van der Waals surface area (Å²) in [5, 5.41) is 3.01. The van der Waals surface area contributed by atoms with Gasteiger partial charge in [-0.25, -0.2) is 4.79 Å². The zero-order valence-electron chi connectivity index (χ0n) is 10.4. The molecule has 0 spiro atoms. The van der Waals surface area contributed by atoms with Gasteiger partial charge in [0.1, 0.15) is 6.04 Å². The smallest absolute Gasteiger partial charge is 0.327 e. The molecule has 0 amide bonds. The minimum atomic E-state index is -0.418. The van der Waals surface area contributed by atoms with Crippen molar-refractivity contribution in [1.82, 2.24) is 0 Å². The third-order valence-corrected chi connectivity index (χ3v) is 2.32. The van der Waals surface area contributed by atoms with Crippen LogP contribution in [0.25, 0.3) is 0 Å². The summed E-state index contributed by atoms with van der Waals surface area (Å²) in [7, 11) is 4.49. The Kier molecular flexibility index (Phi) is 4.63. The van der Waals surface area contributed by atoms with Crippen LogP contribution in [0.3, 0.4) is 0 Å². The zero-order valence-corrected chi connectivity index (χ0v) is 10.4. The lowest BCUT2D eigenvalue weighted by Gasteiger charge is -2.14. The van der Waals surface area contributed by atoms with E-state index in [0.717, 1.165) is 5.69 Å². The van der Waals surface area contributed by atoms with Crippen LogP contribution in [0.15, 0.2) is 18.2 Å². The van der Waals surface area contributed by atoms with Crippen LogP contribution < -0.4 is 14.8 Å². The van der Waals surface area contributed by atoms with Gasteiger partial charge in [-0.05, 0) is 19.1 Å². The molecule has 17 heavy (non-hydrogen) atoms. The topological polar surface area (TPSA) is 56.8 Å². The molecule has 0 radical (unpaired) electrons. The Hall–Kier alpha value is -1.91. The van der Waals surface area contributed by atoms with E-state index in [1.165, 1.54) is 7.11 Å². The summed E-state index contributed by atoms with van der Waals surface area (Å²) < 4.78 is 14.9. The Morgan fingerprint density at radius 3 is 2.35 bits per heavy atom. The number of benzene rings is 1. The Balaban J connectivity index is 2.82. The molecule has 0 bridgehead atoms. The number of carbonyl (C=O) groups is 1. The van der Waals surface area contributed by atoms with E-state index in [-0.39, 0.29) is 5.97 Å². The van der Waals surface area contributed by atoms with E-state index >= 15 is 0 Å². The maximum Gasteiger partial charge on any atom is 0.327 e. The molecule has 5 heteroatoms. The lowest BCUT2D eigenvalue weighted by molar-refractivity contribution is -0.141. The fraction of sp³-hybridized carbons (Fsp3) is 0.417. The van der Waals surface area contributed by atoms with Crippen molar-refractivity contribution < 1.29 is 19.0 Å². The van der Waals surface area contributed by atoms with E-state index in [1.54, 1.807) is 39.3 Å². The largest absolute Gasteiger partial charge is 0.493 e. The van der Waals surface area contributed by atoms with Crippen molar-refractivity contribution >= 4 is 11.7 Å². The SMILES string of the molecule is COC(=O)C(C)Nc1ccc(OC)c(OC)c1. The summed E-state index contributed by atoms with van der Waals surface area (Å²) >= 11 is 0. The van der Waals surface area contributed by atoms with E-state index in [4.69, 9.17) is 9.47 Å². The summed E-state index contributed by atoms with van der Waals surface area (Å²) in [4.78, 5) is 11.3. The number of anilines is 1. The van der Waals surface area contributed by atoms with Crippen molar-refractivity contribution in [3.05, 3.63) is 18.2 Å². The highest BCUT2D eigenvalue weighted by Crippen LogP contribution is 2.29. The quantitative estimate of drug-likeness (QED) is 0.792. The Morgan fingerprint density at radius 1 is 1.18 bits per heavy atom. The van der Waals surface area contributed by atoms with Gasteiger partial charge in [0.15, 0.2) is 11.5 Å². The highest BCUT2D eigenvalue weighted by atomic mass is 16.5. The monoisotopic (exact) mass is 239 g/mol. The summed E-state index contributed by atoms with van der Waals surface area (Å²) in [6, 6.07) is 4.92. The van der Waals surface area contributed by atoms with E-state index in [0.29, 0.717) is 11.5 Å². The average molecular weight is 239 g/mol. The molecule has 0 aliphatic heterocycles. The van der Waals surface area contributed by atoms with Crippen LogP contribution in [0, 0.1) is 0 Å². The Morgan fingerprint density at radius 2 is 1.82 bits per heavy atom. The average Bonchev–Trinajstić information content (AvgIpc) is 2.37. The van der Waals surface area contributed by atoms with Crippen molar-refractivity contribution in [3.63, 3.8) is 0 Å². The number of carbonyl (C=O) groups excluding carboxylic acids is 1. The van der Waals surface area contributed by atoms with Gasteiger partial charge in [0, 0.05) is 11.8 Å². The van der Waals surface area contributed by atoms with Crippen molar-refractivity contribution in [2.75, 3.05) is 26.6 Å². The molecule has 1 unspecified atom stereocenters. The molecule has 0 heterocycles. The van der Waals surface area contributed by atoms with E-state index in [9.17, 15) is 4.79 Å².